The molecule has 0 N–H and O–H groups in total. The lowest BCUT2D eigenvalue weighted by Crippen LogP contribution is -2.30. The number of thiophene rings is 1. The fraction of sp³-hybridized carbons (Fsp3) is 0.294. The Morgan fingerprint density at radius 3 is 2.78 bits per heavy atom. The summed E-state index contributed by atoms with van der Waals surface area (Å²) in [6.45, 7) is 0.630. The van der Waals surface area contributed by atoms with E-state index in [9.17, 15) is 14.0 Å². The highest BCUT2D eigenvalue weighted by molar-refractivity contribution is 7.15. The average molecular weight is 333 g/mol. The van der Waals surface area contributed by atoms with Gasteiger partial charge >= 0.3 is 5.97 Å². The molecular formula is C17H16FNO3S. The van der Waals surface area contributed by atoms with E-state index in [-0.39, 0.29) is 17.8 Å². The second-order valence-electron chi connectivity index (χ2n) is 5.37. The summed E-state index contributed by atoms with van der Waals surface area (Å²) >= 11 is 1.12. The van der Waals surface area contributed by atoms with Crippen molar-refractivity contribution in [2.45, 2.75) is 18.9 Å². The van der Waals surface area contributed by atoms with Gasteiger partial charge in [0.05, 0.1) is 18.0 Å². The normalized spacial score (nSPS) is 17.3. The molecule has 0 radical (unpaired) electrons. The van der Waals surface area contributed by atoms with E-state index in [0.29, 0.717) is 16.3 Å². The minimum absolute atomic E-state index is 0.123. The summed E-state index contributed by atoms with van der Waals surface area (Å²) in [6.07, 6.45) is 1.69. The summed E-state index contributed by atoms with van der Waals surface area (Å²) in [5.41, 5.74) is 0.806. The number of carbonyl (C=O) groups excluding carboxylic acids is 2. The summed E-state index contributed by atoms with van der Waals surface area (Å²) < 4.78 is 18.1. The third-order valence-corrected chi connectivity index (χ3v) is 5.00. The van der Waals surface area contributed by atoms with E-state index < -0.39 is 5.97 Å². The van der Waals surface area contributed by atoms with Gasteiger partial charge in [-0.3, -0.25) is 4.79 Å². The van der Waals surface area contributed by atoms with Crippen LogP contribution in [0.25, 0.3) is 0 Å². The van der Waals surface area contributed by atoms with Crippen molar-refractivity contribution < 1.29 is 18.7 Å². The van der Waals surface area contributed by atoms with Gasteiger partial charge < -0.3 is 9.64 Å². The molecule has 1 fully saturated rings. The van der Waals surface area contributed by atoms with Crippen LogP contribution in [0.3, 0.4) is 0 Å². The number of hydrogen-bond donors (Lipinski definition) is 0. The van der Waals surface area contributed by atoms with Gasteiger partial charge in [-0.05, 0) is 42.7 Å². The van der Waals surface area contributed by atoms with Crippen molar-refractivity contribution >= 4 is 23.2 Å². The molecule has 2 aromatic rings. The summed E-state index contributed by atoms with van der Waals surface area (Å²) in [7, 11) is 1.31. The molecule has 1 aromatic heterocycles. The Kier molecular flexibility index (Phi) is 4.43. The Labute approximate surface area is 137 Å². The number of carbonyl (C=O) groups is 2. The van der Waals surface area contributed by atoms with Crippen LogP contribution in [0, 0.1) is 5.82 Å². The Morgan fingerprint density at radius 1 is 1.26 bits per heavy atom. The first-order valence-electron chi connectivity index (χ1n) is 7.34. The molecule has 1 amide bonds. The number of nitrogens with zero attached hydrogens (tertiary/aromatic N) is 1. The molecule has 1 aliphatic rings. The van der Waals surface area contributed by atoms with Gasteiger partial charge in [0.25, 0.3) is 5.91 Å². The maximum absolute atomic E-state index is 13.5. The molecule has 0 saturated carbocycles. The van der Waals surface area contributed by atoms with E-state index in [1.165, 1.54) is 19.2 Å². The van der Waals surface area contributed by atoms with E-state index in [1.54, 1.807) is 23.1 Å². The largest absolute Gasteiger partial charge is 0.465 e. The van der Waals surface area contributed by atoms with E-state index in [0.717, 1.165) is 29.7 Å². The highest BCUT2D eigenvalue weighted by Gasteiger charge is 2.31. The first kappa shape index (κ1) is 15.7. The minimum Gasteiger partial charge on any atom is -0.465 e. The van der Waals surface area contributed by atoms with Gasteiger partial charge in [0, 0.05) is 6.54 Å². The van der Waals surface area contributed by atoms with Crippen LogP contribution < -0.4 is 0 Å². The van der Waals surface area contributed by atoms with Gasteiger partial charge in [0.2, 0.25) is 0 Å². The van der Waals surface area contributed by atoms with Gasteiger partial charge in [-0.25, -0.2) is 9.18 Å². The number of likely N-dealkylation sites (tertiary alicyclic amines) is 1. The minimum atomic E-state index is -0.447. The number of amides is 1. The molecule has 1 saturated heterocycles. The van der Waals surface area contributed by atoms with Gasteiger partial charge in [0.1, 0.15) is 10.7 Å². The SMILES string of the molecule is COC(=O)c1ccc(C(=O)N2CCCC2c2cccc(F)c2)s1. The lowest BCUT2D eigenvalue weighted by Gasteiger charge is -2.24. The number of halogens is 1. The van der Waals surface area contributed by atoms with Crippen LogP contribution in [0.15, 0.2) is 36.4 Å². The monoisotopic (exact) mass is 333 g/mol. The Morgan fingerprint density at radius 2 is 2.04 bits per heavy atom. The van der Waals surface area contributed by atoms with Crippen LogP contribution in [0.5, 0.6) is 0 Å². The highest BCUT2D eigenvalue weighted by Crippen LogP contribution is 2.34. The summed E-state index contributed by atoms with van der Waals surface area (Å²) in [5, 5.41) is 0. The summed E-state index contributed by atoms with van der Waals surface area (Å²) in [5.74, 6) is -0.875. The lowest BCUT2D eigenvalue weighted by atomic mass is 10.0. The third-order valence-electron chi connectivity index (χ3n) is 3.95. The number of ether oxygens (including phenoxy) is 1. The van der Waals surface area contributed by atoms with Gasteiger partial charge in [-0.15, -0.1) is 11.3 Å². The smallest absolute Gasteiger partial charge is 0.348 e. The topological polar surface area (TPSA) is 46.6 Å². The van der Waals surface area contributed by atoms with Crippen LogP contribution in [-0.4, -0.2) is 30.4 Å². The first-order valence-corrected chi connectivity index (χ1v) is 8.16. The number of benzene rings is 1. The van der Waals surface area contributed by atoms with Crippen molar-refractivity contribution in [1.29, 1.82) is 0 Å². The fourth-order valence-electron chi connectivity index (χ4n) is 2.87. The van der Waals surface area contributed by atoms with E-state index >= 15 is 0 Å². The molecule has 1 aliphatic heterocycles. The maximum Gasteiger partial charge on any atom is 0.348 e. The van der Waals surface area contributed by atoms with Crippen LogP contribution in [0.2, 0.25) is 0 Å². The van der Waals surface area contributed by atoms with Crippen molar-refractivity contribution in [3.63, 3.8) is 0 Å². The third kappa shape index (κ3) is 3.12. The zero-order valence-electron chi connectivity index (χ0n) is 12.6. The molecule has 3 rings (SSSR count). The molecule has 6 heteroatoms. The maximum atomic E-state index is 13.5. The Balaban J connectivity index is 1.83. The molecule has 0 bridgehead atoms. The molecule has 1 unspecified atom stereocenters. The second-order valence-corrected chi connectivity index (χ2v) is 6.45. The summed E-state index contributed by atoms with van der Waals surface area (Å²) in [6, 6.07) is 9.48. The van der Waals surface area contributed by atoms with Crippen molar-refractivity contribution in [2.24, 2.45) is 0 Å². The molecule has 2 heterocycles. The van der Waals surface area contributed by atoms with E-state index in [4.69, 9.17) is 0 Å². The average Bonchev–Trinajstić information content (AvgIpc) is 3.22. The zero-order chi connectivity index (χ0) is 16.4. The van der Waals surface area contributed by atoms with Crippen molar-refractivity contribution in [3.8, 4) is 0 Å². The fourth-order valence-corrected chi connectivity index (χ4v) is 3.76. The molecule has 23 heavy (non-hydrogen) atoms. The van der Waals surface area contributed by atoms with E-state index in [2.05, 4.69) is 4.74 Å². The van der Waals surface area contributed by atoms with Crippen molar-refractivity contribution in [2.75, 3.05) is 13.7 Å². The molecule has 1 atom stereocenters. The zero-order valence-corrected chi connectivity index (χ0v) is 13.4. The number of methoxy groups -OCH3 is 1. The van der Waals surface area contributed by atoms with Crippen LogP contribution in [0.4, 0.5) is 4.39 Å². The van der Waals surface area contributed by atoms with Crippen LogP contribution >= 0.6 is 11.3 Å². The number of esters is 1. The molecule has 0 spiro atoms. The van der Waals surface area contributed by atoms with Gasteiger partial charge in [-0.1, -0.05) is 12.1 Å². The predicted octanol–water partition coefficient (Wildman–Crippen LogP) is 3.65. The Bertz CT molecular complexity index is 743. The molecule has 120 valence electrons. The van der Waals surface area contributed by atoms with E-state index in [1.807, 2.05) is 6.07 Å². The van der Waals surface area contributed by atoms with Crippen LogP contribution in [0.1, 0.15) is 43.8 Å². The summed E-state index contributed by atoms with van der Waals surface area (Å²) in [4.78, 5) is 26.9. The highest BCUT2D eigenvalue weighted by atomic mass is 32.1. The van der Waals surface area contributed by atoms with Crippen molar-refractivity contribution in [3.05, 3.63) is 57.5 Å². The predicted molar refractivity (Wildman–Crippen MR) is 85.1 cm³/mol. The molecular weight excluding hydrogens is 317 g/mol. The van der Waals surface area contributed by atoms with Gasteiger partial charge in [-0.2, -0.15) is 0 Å². The molecule has 4 nitrogen and oxygen atoms in total. The lowest BCUT2D eigenvalue weighted by molar-refractivity contribution is 0.0606. The standard InChI is InChI=1S/C17H16FNO3S/c1-22-17(21)15-8-7-14(23-15)16(20)19-9-3-6-13(19)11-4-2-5-12(18)10-11/h2,4-5,7-8,10,13H,3,6,9H2,1H3. The number of hydrogen-bond acceptors (Lipinski definition) is 4. The molecule has 1 aromatic carbocycles. The van der Waals surface area contributed by atoms with Crippen molar-refractivity contribution in [1.82, 2.24) is 4.90 Å². The second kappa shape index (κ2) is 6.50. The van der Waals surface area contributed by atoms with Crippen LogP contribution in [-0.2, 0) is 4.74 Å². The first-order chi connectivity index (χ1) is 11.1. The van der Waals surface area contributed by atoms with Gasteiger partial charge in [0.15, 0.2) is 0 Å². The number of rotatable bonds is 3. The quantitative estimate of drug-likeness (QED) is 0.806. The molecule has 0 aliphatic carbocycles. The Hall–Kier alpha value is -2.21.